The minimum Gasteiger partial charge on any atom is -0.481 e. The van der Waals surface area contributed by atoms with Crippen LogP contribution in [0.2, 0.25) is 0 Å². The molecule has 1 saturated heterocycles. The van der Waals surface area contributed by atoms with Gasteiger partial charge in [0, 0.05) is 12.3 Å². The lowest BCUT2D eigenvalue weighted by Crippen LogP contribution is -2.08. The fourth-order valence-corrected chi connectivity index (χ4v) is 2.42. The van der Waals surface area contributed by atoms with Crippen molar-refractivity contribution < 1.29 is 22.5 Å². The third-order valence-corrected chi connectivity index (χ3v) is 3.06. The minimum absolute atomic E-state index is 0.00352. The van der Waals surface area contributed by atoms with E-state index in [-0.39, 0.29) is 24.7 Å². The van der Waals surface area contributed by atoms with Gasteiger partial charge in [-0.1, -0.05) is 0 Å². The van der Waals surface area contributed by atoms with Gasteiger partial charge in [0.25, 0.3) is 10.1 Å². The topological polar surface area (TPSA) is 80.7 Å². The maximum Gasteiger partial charge on any atom is 0.303 e. The number of carboxylic acid groups (broad SMARTS) is 1. The Kier molecular flexibility index (Phi) is 2.69. The van der Waals surface area contributed by atoms with Crippen LogP contribution in [0.1, 0.15) is 12.8 Å². The van der Waals surface area contributed by atoms with Crippen LogP contribution in [0.15, 0.2) is 0 Å². The molecule has 0 amide bonds. The van der Waals surface area contributed by atoms with Gasteiger partial charge in [-0.05, 0) is 6.42 Å². The molecule has 70 valence electrons. The van der Waals surface area contributed by atoms with Crippen molar-refractivity contribution in [2.45, 2.75) is 12.8 Å². The molecule has 0 spiro atoms. The first-order valence-corrected chi connectivity index (χ1v) is 5.16. The average Bonchev–Trinajstić information content (AvgIpc) is 2.26. The SMILES string of the molecule is O=C(O)CCC1COS(=O)(=O)C1. The zero-order valence-electron chi connectivity index (χ0n) is 6.39. The first kappa shape index (κ1) is 9.47. The Labute approximate surface area is 70.5 Å². The van der Waals surface area contributed by atoms with E-state index in [2.05, 4.69) is 4.18 Å². The maximum absolute atomic E-state index is 10.7. The van der Waals surface area contributed by atoms with Crippen molar-refractivity contribution in [2.24, 2.45) is 5.92 Å². The number of carbonyl (C=O) groups is 1. The van der Waals surface area contributed by atoms with Crippen LogP contribution in [0.5, 0.6) is 0 Å². The summed E-state index contributed by atoms with van der Waals surface area (Å²) < 4.78 is 25.9. The van der Waals surface area contributed by atoms with E-state index in [4.69, 9.17) is 5.11 Å². The van der Waals surface area contributed by atoms with Crippen molar-refractivity contribution in [1.82, 2.24) is 0 Å². The molecule has 1 rings (SSSR count). The van der Waals surface area contributed by atoms with Crippen LogP contribution < -0.4 is 0 Å². The van der Waals surface area contributed by atoms with Gasteiger partial charge in [0.2, 0.25) is 0 Å². The summed E-state index contributed by atoms with van der Waals surface area (Å²) in [5.41, 5.74) is 0. The number of rotatable bonds is 3. The second-order valence-corrected chi connectivity index (χ2v) is 4.49. The molecule has 12 heavy (non-hydrogen) atoms. The zero-order chi connectivity index (χ0) is 9.19. The predicted molar refractivity (Wildman–Crippen MR) is 40.1 cm³/mol. The van der Waals surface area contributed by atoms with Crippen LogP contribution in [-0.2, 0) is 19.1 Å². The summed E-state index contributed by atoms with van der Waals surface area (Å²) in [7, 11) is -3.34. The van der Waals surface area contributed by atoms with Crippen LogP contribution in [0.25, 0.3) is 0 Å². The lowest BCUT2D eigenvalue weighted by molar-refractivity contribution is -0.137. The Morgan fingerprint density at radius 2 is 2.25 bits per heavy atom. The van der Waals surface area contributed by atoms with E-state index in [1.807, 2.05) is 0 Å². The molecule has 1 fully saturated rings. The lowest BCUT2D eigenvalue weighted by Gasteiger charge is -2.00. The number of aliphatic carboxylic acids is 1. The van der Waals surface area contributed by atoms with E-state index in [1.165, 1.54) is 0 Å². The number of hydrogen-bond donors (Lipinski definition) is 1. The van der Waals surface area contributed by atoms with Crippen LogP contribution in [-0.4, -0.2) is 31.9 Å². The first-order chi connectivity index (χ1) is 5.49. The molecular formula is C6H10O5S. The van der Waals surface area contributed by atoms with E-state index < -0.39 is 16.1 Å². The van der Waals surface area contributed by atoms with Gasteiger partial charge < -0.3 is 5.11 Å². The highest BCUT2D eigenvalue weighted by atomic mass is 32.2. The Morgan fingerprint density at radius 3 is 2.67 bits per heavy atom. The van der Waals surface area contributed by atoms with Crippen molar-refractivity contribution in [3.8, 4) is 0 Å². The fraction of sp³-hybridized carbons (Fsp3) is 0.833. The Bertz CT molecular complexity index is 268. The van der Waals surface area contributed by atoms with E-state index >= 15 is 0 Å². The fourth-order valence-electron chi connectivity index (χ4n) is 1.08. The lowest BCUT2D eigenvalue weighted by atomic mass is 10.1. The first-order valence-electron chi connectivity index (χ1n) is 3.58. The number of hydrogen-bond acceptors (Lipinski definition) is 4. The summed E-state index contributed by atoms with van der Waals surface area (Å²) in [6, 6.07) is 0. The van der Waals surface area contributed by atoms with E-state index in [0.717, 1.165) is 0 Å². The summed E-state index contributed by atoms with van der Waals surface area (Å²) in [6.07, 6.45) is 0.373. The molecule has 1 unspecified atom stereocenters. The van der Waals surface area contributed by atoms with Gasteiger partial charge >= 0.3 is 5.97 Å². The highest BCUT2D eigenvalue weighted by Gasteiger charge is 2.28. The Hall–Kier alpha value is -0.620. The van der Waals surface area contributed by atoms with Crippen molar-refractivity contribution >= 4 is 16.1 Å². The maximum atomic E-state index is 10.7. The molecule has 5 nitrogen and oxygen atoms in total. The molecule has 1 heterocycles. The van der Waals surface area contributed by atoms with Gasteiger partial charge in [-0.2, -0.15) is 8.42 Å². The van der Waals surface area contributed by atoms with Gasteiger partial charge in [-0.3, -0.25) is 8.98 Å². The zero-order valence-corrected chi connectivity index (χ0v) is 7.21. The van der Waals surface area contributed by atoms with E-state index in [0.29, 0.717) is 6.42 Å². The Balaban J connectivity index is 2.34. The number of carboxylic acids is 1. The quantitative estimate of drug-likeness (QED) is 0.631. The standard InChI is InChI=1S/C6H10O5S/c7-6(8)2-1-5-3-11-12(9,10)4-5/h5H,1-4H2,(H,7,8). The minimum atomic E-state index is -3.34. The highest BCUT2D eigenvalue weighted by Crippen LogP contribution is 2.19. The van der Waals surface area contributed by atoms with Crippen LogP contribution in [0.4, 0.5) is 0 Å². The van der Waals surface area contributed by atoms with Gasteiger partial charge in [0.1, 0.15) is 0 Å². The predicted octanol–water partition coefficient (Wildman–Crippen LogP) is -0.173. The normalized spacial score (nSPS) is 27.2. The van der Waals surface area contributed by atoms with Crippen molar-refractivity contribution in [3.05, 3.63) is 0 Å². The molecule has 1 aliphatic heterocycles. The molecule has 1 aliphatic rings. The summed E-state index contributed by atoms with van der Waals surface area (Å²) >= 11 is 0. The molecule has 0 aromatic heterocycles. The average molecular weight is 194 g/mol. The molecule has 0 aliphatic carbocycles. The molecule has 1 N–H and O–H groups in total. The summed E-state index contributed by atoms with van der Waals surface area (Å²) in [6.45, 7) is 0.135. The highest BCUT2D eigenvalue weighted by molar-refractivity contribution is 7.86. The second-order valence-electron chi connectivity index (χ2n) is 2.81. The third-order valence-electron chi connectivity index (χ3n) is 1.69. The molecular weight excluding hydrogens is 184 g/mol. The molecule has 1 atom stereocenters. The molecule has 0 aromatic carbocycles. The van der Waals surface area contributed by atoms with Crippen LogP contribution in [0, 0.1) is 5.92 Å². The van der Waals surface area contributed by atoms with Gasteiger partial charge in [0.15, 0.2) is 0 Å². The van der Waals surface area contributed by atoms with Gasteiger partial charge in [-0.15, -0.1) is 0 Å². The molecule has 0 aromatic rings. The summed E-state index contributed by atoms with van der Waals surface area (Å²) in [5, 5.41) is 8.31. The van der Waals surface area contributed by atoms with Crippen molar-refractivity contribution in [2.75, 3.05) is 12.4 Å². The van der Waals surface area contributed by atoms with Crippen LogP contribution >= 0.6 is 0 Å². The van der Waals surface area contributed by atoms with E-state index in [9.17, 15) is 13.2 Å². The Morgan fingerprint density at radius 1 is 1.58 bits per heavy atom. The van der Waals surface area contributed by atoms with Gasteiger partial charge in [0.05, 0.1) is 12.4 Å². The summed E-state index contributed by atoms with van der Waals surface area (Å²) in [4.78, 5) is 10.1. The molecule has 0 radical (unpaired) electrons. The smallest absolute Gasteiger partial charge is 0.303 e. The summed E-state index contributed by atoms with van der Waals surface area (Å²) in [5.74, 6) is -1.09. The van der Waals surface area contributed by atoms with Crippen molar-refractivity contribution in [3.63, 3.8) is 0 Å². The van der Waals surface area contributed by atoms with Crippen molar-refractivity contribution in [1.29, 1.82) is 0 Å². The monoisotopic (exact) mass is 194 g/mol. The van der Waals surface area contributed by atoms with Gasteiger partial charge in [-0.25, -0.2) is 0 Å². The van der Waals surface area contributed by atoms with E-state index in [1.54, 1.807) is 0 Å². The largest absolute Gasteiger partial charge is 0.481 e. The second kappa shape index (κ2) is 3.40. The molecule has 0 saturated carbocycles. The third kappa shape index (κ3) is 2.78. The molecule has 0 bridgehead atoms. The molecule has 6 heteroatoms. The van der Waals surface area contributed by atoms with Crippen LogP contribution in [0.3, 0.4) is 0 Å².